The van der Waals surface area contributed by atoms with Crippen molar-refractivity contribution in [3.63, 3.8) is 0 Å². The summed E-state index contributed by atoms with van der Waals surface area (Å²) < 4.78 is 4.94. The van der Waals surface area contributed by atoms with Crippen LogP contribution in [0, 0.1) is 0 Å². The first kappa shape index (κ1) is 10.8. The lowest BCUT2D eigenvalue weighted by Gasteiger charge is -2.28. The molecule has 0 aromatic heterocycles. The molecule has 5 heteroatoms. The molecule has 1 saturated heterocycles. The van der Waals surface area contributed by atoms with Crippen molar-refractivity contribution in [2.45, 2.75) is 6.04 Å². The van der Waals surface area contributed by atoms with Gasteiger partial charge in [-0.2, -0.15) is 0 Å². The van der Waals surface area contributed by atoms with Crippen LogP contribution in [0.3, 0.4) is 0 Å². The molecule has 0 spiro atoms. The maximum atomic E-state index is 11.7. The van der Waals surface area contributed by atoms with E-state index >= 15 is 0 Å². The van der Waals surface area contributed by atoms with Crippen molar-refractivity contribution in [3.05, 3.63) is 23.8 Å². The second-order valence-electron chi connectivity index (χ2n) is 3.71. The van der Waals surface area contributed by atoms with E-state index in [0.717, 1.165) is 13.1 Å². The Morgan fingerprint density at radius 3 is 2.81 bits per heavy atom. The molecule has 86 valence electrons. The summed E-state index contributed by atoms with van der Waals surface area (Å²) in [6.45, 7) is 1.56. The number of rotatable bonds is 3. The number of amides is 1. The Labute approximate surface area is 93.4 Å². The van der Waals surface area contributed by atoms with Crippen LogP contribution in [-0.4, -0.2) is 37.3 Å². The number of carbonyl (C=O) groups is 1. The summed E-state index contributed by atoms with van der Waals surface area (Å²) >= 11 is 0. The van der Waals surface area contributed by atoms with Crippen molar-refractivity contribution in [2.24, 2.45) is 0 Å². The molecule has 16 heavy (non-hydrogen) atoms. The van der Waals surface area contributed by atoms with Crippen LogP contribution in [0.25, 0.3) is 0 Å². The summed E-state index contributed by atoms with van der Waals surface area (Å²) in [5, 5.41) is 15.5. The van der Waals surface area contributed by atoms with Gasteiger partial charge in [0.05, 0.1) is 18.7 Å². The molecular formula is C11H14N2O3. The molecule has 1 heterocycles. The average molecular weight is 222 g/mol. The smallest absolute Gasteiger partial charge is 0.255 e. The fraction of sp³-hybridized carbons (Fsp3) is 0.364. The third-order valence-electron chi connectivity index (χ3n) is 2.57. The quantitative estimate of drug-likeness (QED) is 0.678. The second-order valence-corrected chi connectivity index (χ2v) is 3.71. The van der Waals surface area contributed by atoms with Gasteiger partial charge in [-0.15, -0.1) is 0 Å². The van der Waals surface area contributed by atoms with Gasteiger partial charge in [-0.25, -0.2) is 0 Å². The minimum Gasteiger partial charge on any atom is -0.507 e. The van der Waals surface area contributed by atoms with Crippen molar-refractivity contribution in [3.8, 4) is 11.5 Å². The number of aromatic hydroxyl groups is 1. The van der Waals surface area contributed by atoms with Crippen LogP contribution in [0.15, 0.2) is 18.2 Å². The maximum absolute atomic E-state index is 11.7. The molecule has 2 rings (SSSR count). The average Bonchev–Trinajstić information content (AvgIpc) is 2.23. The molecule has 1 fully saturated rings. The van der Waals surface area contributed by atoms with Crippen LogP contribution in [0.4, 0.5) is 0 Å². The minimum absolute atomic E-state index is 0.0656. The predicted molar refractivity (Wildman–Crippen MR) is 58.8 cm³/mol. The molecule has 1 aliphatic heterocycles. The van der Waals surface area contributed by atoms with Gasteiger partial charge < -0.3 is 20.5 Å². The van der Waals surface area contributed by atoms with Crippen LogP contribution in [0.5, 0.6) is 11.5 Å². The number of ether oxygens (including phenoxy) is 1. The molecule has 0 radical (unpaired) electrons. The highest BCUT2D eigenvalue weighted by molar-refractivity contribution is 5.97. The number of hydrogen-bond acceptors (Lipinski definition) is 4. The fourth-order valence-corrected chi connectivity index (χ4v) is 1.48. The molecule has 0 aliphatic carbocycles. The van der Waals surface area contributed by atoms with Crippen molar-refractivity contribution in [1.29, 1.82) is 0 Å². The molecule has 1 aromatic carbocycles. The Kier molecular flexibility index (Phi) is 2.96. The van der Waals surface area contributed by atoms with Crippen LogP contribution in [0.1, 0.15) is 10.4 Å². The van der Waals surface area contributed by atoms with Gasteiger partial charge in [0.15, 0.2) is 0 Å². The number of carbonyl (C=O) groups excluding carboxylic acids is 1. The molecule has 0 atom stereocenters. The SMILES string of the molecule is COc1ccc(C(=O)NC2CNC2)c(O)c1. The maximum Gasteiger partial charge on any atom is 0.255 e. The summed E-state index contributed by atoms with van der Waals surface area (Å²) in [6, 6.07) is 4.78. The molecule has 1 amide bonds. The third kappa shape index (κ3) is 2.09. The van der Waals surface area contributed by atoms with Gasteiger partial charge in [-0.1, -0.05) is 0 Å². The van der Waals surface area contributed by atoms with E-state index in [1.807, 2.05) is 0 Å². The van der Waals surface area contributed by atoms with Crippen molar-refractivity contribution >= 4 is 5.91 Å². The molecule has 0 saturated carbocycles. The van der Waals surface area contributed by atoms with E-state index in [2.05, 4.69) is 10.6 Å². The van der Waals surface area contributed by atoms with Crippen LogP contribution in [-0.2, 0) is 0 Å². The number of hydrogen-bond donors (Lipinski definition) is 3. The van der Waals surface area contributed by atoms with E-state index in [1.165, 1.54) is 13.2 Å². The van der Waals surface area contributed by atoms with Crippen molar-refractivity contribution in [1.82, 2.24) is 10.6 Å². The fourth-order valence-electron chi connectivity index (χ4n) is 1.48. The highest BCUT2D eigenvalue weighted by Gasteiger charge is 2.21. The minimum atomic E-state index is -0.258. The van der Waals surface area contributed by atoms with E-state index in [9.17, 15) is 9.90 Å². The summed E-state index contributed by atoms with van der Waals surface area (Å²) in [7, 11) is 1.51. The van der Waals surface area contributed by atoms with Gasteiger partial charge >= 0.3 is 0 Å². The normalized spacial score (nSPS) is 15.3. The summed E-state index contributed by atoms with van der Waals surface area (Å²) in [6.07, 6.45) is 0. The van der Waals surface area contributed by atoms with Crippen molar-refractivity contribution < 1.29 is 14.6 Å². The van der Waals surface area contributed by atoms with Crippen LogP contribution >= 0.6 is 0 Å². The topological polar surface area (TPSA) is 70.6 Å². The lowest BCUT2D eigenvalue weighted by Crippen LogP contribution is -2.56. The van der Waals surface area contributed by atoms with E-state index in [-0.39, 0.29) is 23.3 Å². The largest absolute Gasteiger partial charge is 0.507 e. The molecule has 0 bridgehead atoms. The molecule has 1 aromatic rings. The molecule has 0 unspecified atom stereocenters. The highest BCUT2D eigenvalue weighted by Crippen LogP contribution is 2.23. The Morgan fingerprint density at radius 1 is 1.56 bits per heavy atom. The zero-order valence-corrected chi connectivity index (χ0v) is 8.99. The third-order valence-corrected chi connectivity index (χ3v) is 2.57. The Hall–Kier alpha value is -1.75. The zero-order chi connectivity index (χ0) is 11.5. The molecule has 1 aliphatic rings. The number of methoxy groups -OCH3 is 1. The predicted octanol–water partition coefficient (Wildman–Crippen LogP) is 0.102. The zero-order valence-electron chi connectivity index (χ0n) is 8.99. The Morgan fingerprint density at radius 2 is 2.31 bits per heavy atom. The van der Waals surface area contributed by atoms with Gasteiger partial charge in [0, 0.05) is 19.2 Å². The summed E-state index contributed by atoms with van der Waals surface area (Å²) in [5.74, 6) is 0.204. The summed E-state index contributed by atoms with van der Waals surface area (Å²) in [4.78, 5) is 11.7. The summed E-state index contributed by atoms with van der Waals surface area (Å²) in [5.41, 5.74) is 0.271. The van der Waals surface area contributed by atoms with E-state index in [4.69, 9.17) is 4.74 Å². The van der Waals surface area contributed by atoms with Gasteiger partial charge in [-0.3, -0.25) is 4.79 Å². The lowest BCUT2D eigenvalue weighted by atomic mass is 10.1. The van der Waals surface area contributed by atoms with E-state index < -0.39 is 0 Å². The molecule has 5 nitrogen and oxygen atoms in total. The number of nitrogens with one attached hydrogen (secondary N) is 2. The first-order valence-corrected chi connectivity index (χ1v) is 5.09. The number of phenols is 1. The van der Waals surface area contributed by atoms with Gasteiger partial charge in [0.25, 0.3) is 5.91 Å². The highest BCUT2D eigenvalue weighted by atomic mass is 16.5. The second kappa shape index (κ2) is 4.40. The standard InChI is InChI=1S/C11H14N2O3/c1-16-8-2-3-9(10(14)4-8)11(15)13-7-5-12-6-7/h2-4,7,12,14H,5-6H2,1H3,(H,13,15). The Bertz CT molecular complexity index is 402. The number of phenolic OH excluding ortho intramolecular Hbond substituents is 1. The molecule has 3 N–H and O–H groups in total. The molecular weight excluding hydrogens is 208 g/mol. The van der Waals surface area contributed by atoms with E-state index in [1.54, 1.807) is 12.1 Å². The first-order valence-electron chi connectivity index (χ1n) is 5.09. The first-order chi connectivity index (χ1) is 7.70. The van der Waals surface area contributed by atoms with Gasteiger partial charge in [-0.05, 0) is 12.1 Å². The van der Waals surface area contributed by atoms with Crippen LogP contribution in [0.2, 0.25) is 0 Å². The Balaban J connectivity index is 2.09. The van der Waals surface area contributed by atoms with Crippen molar-refractivity contribution in [2.75, 3.05) is 20.2 Å². The number of benzene rings is 1. The van der Waals surface area contributed by atoms with Gasteiger partial charge in [0.1, 0.15) is 11.5 Å². The monoisotopic (exact) mass is 222 g/mol. The van der Waals surface area contributed by atoms with E-state index in [0.29, 0.717) is 5.75 Å². The van der Waals surface area contributed by atoms with Gasteiger partial charge in [0.2, 0.25) is 0 Å². The lowest BCUT2D eigenvalue weighted by molar-refractivity contribution is 0.0921. The van der Waals surface area contributed by atoms with Crippen LogP contribution < -0.4 is 15.4 Å².